The van der Waals surface area contributed by atoms with E-state index < -0.39 is 0 Å². The summed E-state index contributed by atoms with van der Waals surface area (Å²) in [5.74, 6) is 0.873. The van der Waals surface area contributed by atoms with Crippen LogP contribution in [-0.4, -0.2) is 6.54 Å². The molecule has 1 atom stereocenters. The Labute approximate surface area is 123 Å². The van der Waals surface area contributed by atoms with Gasteiger partial charge in [-0.3, -0.25) is 0 Å². The van der Waals surface area contributed by atoms with E-state index in [4.69, 9.17) is 0 Å². The second-order valence-electron chi connectivity index (χ2n) is 6.54. The molecule has 3 rings (SSSR count). The van der Waals surface area contributed by atoms with Gasteiger partial charge in [0, 0.05) is 6.04 Å². The minimum absolute atomic E-state index is 0.583. The van der Waals surface area contributed by atoms with Crippen LogP contribution < -0.4 is 5.32 Å². The summed E-state index contributed by atoms with van der Waals surface area (Å²) >= 11 is 0. The zero-order chi connectivity index (χ0) is 13.8. The molecule has 0 aliphatic heterocycles. The van der Waals surface area contributed by atoms with Gasteiger partial charge in [0.2, 0.25) is 0 Å². The Balaban J connectivity index is 1.55. The third-order valence-corrected chi connectivity index (χ3v) is 4.73. The van der Waals surface area contributed by atoms with Crippen LogP contribution >= 0.6 is 0 Å². The van der Waals surface area contributed by atoms with E-state index in [1.807, 2.05) is 0 Å². The number of allylic oxidation sites excluding steroid dienone is 1. The lowest BCUT2D eigenvalue weighted by Gasteiger charge is -2.20. The Morgan fingerprint density at radius 2 is 1.95 bits per heavy atom. The first-order valence-corrected chi connectivity index (χ1v) is 8.31. The SMILES string of the molecule is Cc1ccc(C(NCCC2=CCCCC2)C2CC2)cc1. The minimum atomic E-state index is 0.583. The van der Waals surface area contributed by atoms with Gasteiger partial charge in [-0.1, -0.05) is 41.5 Å². The van der Waals surface area contributed by atoms with Crippen LogP contribution in [0.2, 0.25) is 0 Å². The van der Waals surface area contributed by atoms with Crippen LogP contribution in [0.4, 0.5) is 0 Å². The Kier molecular flexibility index (Phi) is 4.57. The zero-order valence-corrected chi connectivity index (χ0v) is 12.7. The van der Waals surface area contributed by atoms with Gasteiger partial charge in [-0.15, -0.1) is 0 Å². The molecule has 20 heavy (non-hydrogen) atoms. The largest absolute Gasteiger partial charge is 0.309 e. The Hall–Kier alpha value is -1.08. The highest BCUT2D eigenvalue weighted by Crippen LogP contribution is 2.41. The van der Waals surface area contributed by atoms with Crippen molar-refractivity contribution in [2.45, 2.75) is 57.9 Å². The number of rotatable bonds is 6. The monoisotopic (exact) mass is 269 g/mol. The van der Waals surface area contributed by atoms with Crippen molar-refractivity contribution >= 4 is 0 Å². The van der Waals surface area contributed by atoms with Gasteiger partial charge in [0.25, 0.3) is 0 Å². The second-order valence-corrected chi connectivity index (χ2v) is 6.54. The second kappa shape index (κ2) is 6.58. The van der Waals surface area contributed by atoms with Crippen molar-refractivity contribution in [3.63, 3.8) is 0 Å². The van der Waals surface area contributed by atoms with Gasteiger partial charge in [-0.05, 0) is 69.9 Å². The molecular formula is C19H27N. The summed E-state index contributed by atoms with van der Waals surface area (Å²) in [5, 5.41) is 3.82. The van der Waals surface area contributed by atoms with Crippen LogP contribution in [0.5, 0.6) is 0 Å². The maximum Gasteiger partial charge on any atom is 0.0348 e. The molecule has 1 nitrogen and oxygen atoms in total. The molecule has 1 aromatic rings. The summed E-state index contributed by atoms with van der Waals surface area (Å²) < 4.78 is 0. The molecule has 1 unspecified atom stereocenters. The molecule has 1 N–H and O–H groups in total. The maximum absolute atomic E-state index is 3.82. The first kappa shape index (κ1) is 13.9. The first-order chi connectivity index (χ1) is 9.83. The smallest absolute Gasteiger partial charge is 0.0348 e. The summed E-state index contributed by atoms with van der Waals surface area (Å²) in [6.45, 7) is 3.31. The van der Waals surface area contributed by atoms with Gasteiger partial charge >= 0.3 is 0 Å². The van der Waals surface area contributed by atoms with E-state index in [0.29, 0.717) is 6.04 Å². The molecule has 0 amide bonds. The Morgan fingerprint density at radius 1 is 1.15 bits per heavy atom. The van der Waals surface area contributed by atoms with Gasteiger partial charge in [-0.2, -0.15) is 0 Å². The standard InChI is InChI=1S/C19H27N/c1-15-7-9-17(10-8-15)19(18-11-12-18)20-14-13-16-5-3-2-4-6-16/h5,7-10,18-20H,2-4,6,11-14H2,1H3. The van der Waals surface area contributed by atoms with Crippen LogP contribution in [0, 0.1) is 12.8 Å². The van der Waals surface area contributed by atoms with Crippen molar-refractivity contribution in [3.8, 4) is 0 Å². The van der Waals surface area contributed by atoms with Crippen LogP contribution in [0.15, 0.2) is 35.9 Å². The van der Waals surface area contributed by atoms with Crippen LogP contribution in [0.1, 0.15) is 62.1 Å². The zero-order valence-electron chi connectivity index (χ0n) is 12.7. The van der Waals surface area contributed by atoms with Crippen molar-refractivity contribution < 1.29 is 0 Å². The van der Waals surface area contributed by atoms with Gasteiger partial charge in [0.1, 0.15) is 0 Å². The molecule has 108 valence electrons. The number of nitrogens with one attached hydrogen (secondary N) is 1. The maximum atomic E-state index is 3.82. The number of benzene rings is 1. The molecule has 0 bridgehead atoms. The normalized spacial score (nSPS) is 20.6. The summed E-state index contributed by atoms with van der Waals surface area (Å²) in [6, 6.07) is 9.70. The van der Waals surface area contributed by atoms with Crippen molar-refractivity contribution in [2.75, 3.05) is 6.54 Å². The lowest BCUT2D eigenvalue weighted by Crippen LogP contribution is -2.24. The van der Waals surface area contributed by atoms with Gasteiger partial charge in [0.05, 0.1) is 0 Å². The van der Waals surface area contributed by atoms with E-state index in [1.54, 1.807) is 5.57 Å². The average molecular weight is 269 g/mol. The van der Waals surface area contributed by atoms with Crippen molar-refractivity contribution in [2.24, 2.45) is 5.92 Å². The first-order valence-electron chi connectivity index (χ1n) is 8.31. The topological polar surface area (TPSA) is 12.0 Å². The van der Waals surface area contributed by atoms with Crippen LogP contribution in [0.3, 0.4) is 0 Å². The minimum Gasteiger partial charge on any atom is -0.309 e. The molecule has 0 radical (unpaired) electrons. The molecule has 1 heteroatoms. The molecule has 2 aliphatic rings. The lowest BCUT2D eigenvalue weighted by molar-refractivity contribution is 0.480. The quantitative estimate of drug-likeness (QED) is 0.722. The molecule has 1 aromatic carbocycles. The molecule has 0 aromatic heterocycles. The summed E-state index contributed by atoms with van der Waals surface area (Å²) in [7, 11) is 0. The van der Waals surface area contributed by atoms with Crippen molar-refractivity contribution in [1.29, 1.82) is 0 Å². The number of aryl methyl sites for hydroxylation is 1. The van der Waals surface area contributed by atoms with E-state index in [-0.39, 0.29) is 0 Å². The highest BCUT2D eigenvalue weighted by Gasteiger charge is 2.31. The van der Waals surface area contributed by atoms with Crippen LogP contribution in [0.25, 0.3) is 0 Å². The number of hydrogen-bond donors (Lipinski definition) is 1. The van der Waals surface area contributed by atoms with Gasteiger partial charge < -0.3 is 5.32 Å². The van der Waals surface area contributed by atoms with Crippen molar-refractivity contribution in [3.05, 3.63) is 47.0 Å². The van der Waals surface area contributed by atoms with E-state index in [1.165, 1.54) is 56.1 Å². The molecule has 1 saturated carbocycles. The predicted molar refractivity (Wildman–Crippen MR) is 85.8 cm³/mol. The number of hydrogen-bond acceptors (Lipinski definition) is 1. The van der Waals surface area contributed by atoms with Crippen molar-refractivity contribution in [1.82, 2.24) is 5.32 Å². The lowest BCUT2D eigenvalue weighted by atomic mass is 9.96. The third kappa shape index (κ3) is 3.73. The van der Waals surface area contributed by atoms with E-state index in [0.717, 1.165) is 12.5 Å². The van der Waals surface area contributed by atoms with E-state index in [9.17, 15) is 0 Å². The highest BCUT2D eigenvalue weighted by atomic mass is 14.9. The molecule has 0 spiro atoms. The average Bonchev–Trinajstić information content (AvgIpc) is 3.31. The Bertz CT molecular complexity index is 453. The molecular weight excluding hydrogens is 242 g/mol. The van der Waals surface area contributed by atoms with Crippen LogP contribution in [-0.2, 0) is 0 Å². The molecule has 0 saturated heterocycles. The molecule has 0 heterocycles. The summed E-state index contributed by atoms with van der Waals surface area (Å²) in [5.41, 5.74) is 4.52. The summed E-state index contributed by atoms with van der Waals surface area (Å²) in [4.78, 5) is 0. The van der Waals surface area contributed by atoms with E-state index >= 15 is 0 Å². The predicted octanol–water partition coefficient (Wildman–Crippen LogP) is 4.93. The fourth-order valence-corrected chi connectivity index (χ4v) is 3.28. The van der Waals surface area contributed by atoms with Gasteiger partial charge in [0.15, 0.2) is 0 Å². The van der Waals surface area contributed by atoms with E-state index in [2.05, 4.69) is 42.6 Å². The summed E-state index contributed by atoms with van der Waals surface area (Å²) in [6.07, 6.45) is 11.9. The fourth-order valence-electron chi connectivity index (χ4n) is 3.28. The van der Waals surface area contributed by atoms with Gasteiger partial charge in [-0.25, -0.2) is 0 Å². The fraction of sp³-hybridized carbons (Fsp3) is 0.579. The third-order valence-electron chi connectivity index (χ3n) is 4.73. The Morgan fingerprint density at radius 3 is 2.60 bits per heavy atom. The molecule has 2 aliphatic carbocycles. The molecule has 1 fully saturated rings. The highest BCUT2D eigenvalue weighted by molar-refractivity contribution is 5.25.